The Labute approximate surface area is 164 Å². The summed E-state index contributed by atoms with van der Waals surface area (Å²) in [5.74, 6) is 0. The first-order valence-electron chi connectivity index (χ1n) is 9.14. The van der Waals surface area contributed by atoms with Crippen molar-refractivity contribution in [3.05, 3.63) is 89.3 Å². The highest BCUT2D eigenvalue weighted by atomic mass is 32.2. The summed E-state index contributed by atoms with van der Waals surface area (Å²) < 4.78 is 27.7. The molecule has 1 N–H and O–H groups in total. The van der Waals surface area contributed by atoms with Gasteiger partial charge in [0.1, 0.15) is 10.3 Å². The normalized spacial score (nSPS) is 16.6. The van der Waals surface area contributed by atoms with E-state index < -0.39 is 10.0 Å². The van der Waals surface area contributed by atoms with Gasteiger partial charge in [0.2, 0.25) is 0 Å². The molecular formula is C21H23N2O2S2+. The van der Waals surface area contributed by atoms with Gasteiger partial charge < -0.3 is 4.90 Å². The molecule has 1 fully saturated rings. The maximum atomic E-state index is 12.8. The first-order valence-corrected chi connectivity index (χ1v) is 11.5. The lowest BCUT2D eigenvalue weighted by Crippen LogP contribution is -3.15. The highest BCUT2D eigenvalue weighted by Gasteiger charge is 2.35. The van der Waals surface area contributed by atoms with E-state index in [9.17, 15) is 8.42 Å². The number of sulfonamides is 1. The minimum Gasteiger partial charge on any atom is -0.323 e. The second-order valence-electron chi connectivity index (χ2n) is 6.75. The Kier molecular flexibility index (Phi) is 5.41. The van der Waals surface area contributed by atoms with Crippen molar-refractivity contribution in [2.24, 2.45) is 0 Å². The van der Waals surface area contributed by atoms with Crippen LogP contribution in [0.3, 0.4) is 0 Å². The molecule has 0 aliphatic carbocycles. The predicted octanol–water partition coefficient (Wildman–Crippen LogP) is 2.43. The second-order valence-corrected chi connectivity index (χ2v) is 9.86. The monoisotopic (exact) mass is 399 g/mol. The standard InChI is InChI=1S/C21H22N2O2S2/c24-27(25,20-12-7-17-26-20)23-15-13-22(14-16-23)21(18-8-3-1-4-9-18)19-10-5-2-6-11-19/h1-12,17,21H,13-16H2/p+1. The van der Waals surface area contributed by atoms with Crippen LogP contribution in [-0.2, 0) is 10.0 Å². The Hall–Kier alpha value is -1.99. The molecule has 1 aliphatic rings. The molecule has 1 aromatic heterocycles. The van der Waals surface area contributed by atoms with Crippen molar-refractivity contribution in [2.75, 3.05) is 26.2 Å². The van der Waals surface area contributed by atoms with Crippen LogP contribution in [-0.4, -0.2) is 38.9 Å². The first-order chi connectivity index (χ1) is 13.2. The lowest BCUT2D eigenvalue weighted by Gasteiger charge is -2.36. The van der Waals surface area contributed by atoms with Crippen molar-refractivity contribution in [3.8, 4) is 0 Å². The van der Waals surface area contributed by atoms with Crippen LogP contribution in [0.4, 0.5) is 0 Å². The Morgan fingerprint density at radius 2 is 1.37 bits per heavy atom. The lowest BCUT2D eigenvalue weighted by molar-refractivity contribution is -0.929. The van der Waals surface area contributed by atoms with Crippen molar-refractivity contribution in [2.45, 2.75) is 10.3 Å². The van der Waals surface area contributed by atoms with Crippen LogP contribution < -0.4 is 4.90 Å². The molecule has 140 valence electrons. The minimum absolute atomic E-state index is 0.221. The fourth-order valence-corrected chi connectivity index (χ4v) is 6.38. The summed E-state index contributed by atoms with van der Waals surface area (Å²) in [6.07, 6.45) is 0. The maximum Gasteiger partial charge on any atom is 0.252 e. The zero-order valence-electron chi connectivity index (χ0n) is 15.0. The van der Waals surface area contributed by atoms with Gasteiger partial charge in [0.05, 0.1) is 26.2 Å². The summed E-state index contributed by atoms with van der Waals surface area (Å²) in [5.41, 5.74) is 2.54. The van der Waals surface area contributed by atoms with Crippen molar-refractivity contribution in [3.63, 3.8) is 0 Å². The number of quaternary nitrogens is 1. The van der Waals surface area contributed by atoms with E-state index in [1.807, 2.05) is 17.5 Å². The third-order valence-corrected chi connectivity index (χ3v) is 8.40. The first kappa shape index (κ1) is 18.4. The van der Waals surface area contributed by atoms with E-state index in [1.165, 1.54) is 27.4 Å². The summed E-state index contributed by atoms with van der Waals surface area (Å²) >= 11 is 1.29. The van der Waals surface area contributed by atoms with Gasteiger partial charge >= 0.3 is 0 Å². The minimum atomic E-state index is -3.36. The van der Waals surface area contributed by atoms with Gasteiger partial charge in [-0.25, -0.2) is 8.42 Å². The molecule has 0 spiro atoms. The highest BCUT2D eigenvalue weighted by molar-refractivity contribution is 7.91. The number of benzene rings is 2. The number of nitrogens with zero attached hydrogens (tertiary/aromatic N) is 1. The smallest absolute Gasteiger partial charge is 0.252 e. The van der Waals surface area contributed by atoms with Gasteiger partial charge in [-0.1, -0.05) is 66.7 Å². The predicted molar refractivity (Wildman–Crippen MR) is 109 cm³/mol. The molecule has 1 aliphatic heterocycles. The molecule has 0 unspecified atom stereocenters. The van der Waals surface area contributed by atoms with Crippen LogP contribution in [0, 0.1) is 0 Å². The second kappa shape index (κ2) is 7.94. The zero-order valence-corrected chi connectivity index (χ0v) is 16.6. The molecule has 4 rings (SSSR count). The van der Waals surface area contributed by atoms with E-state index in [-0.39, 0.29) is 6.04 Å². The van der Waals surface area contributed by atoms with Gasteiger partial charge in [0.25, 0.3) is 10.0 Å². The summed E-state index contributed by atoms with van der Waals surface area (Å²) in [4.78, 5) is 1.41. The quantitative estimate of drug-likeness (QED) is 0.716. The summed E-state index contributed by atoms with van der Waals surface area (Å²) in [6, 6.07) is 24.7. The summed E-state index contributed by atoms with van der Waals surface area (Å²) in [5, 5.41) is 1.81. The fourth-order valence-electron chi connectivity index (χ4n) is 3.79. The Bertz CT molecular complexity index is 910. The maximum absolute atomic E-state index is 12.8. The largest absolute Gasteiger partial charge is 0.323 e. The summed E-state index contributed by atoms with van der Waals surface area (Å²) in [7, 11) is -3.36. The fraction of sp³-hybridized carbons (Fsp3) is 0.238. The topological polar surface area (TPSA) is 41.8 Å². The molecule has 3 aromatic rings. The van der Waals surface area contributed by atoms with E-state index in [0.717, 1.165) is 13.1 Å². The zero-order chi connectivity index (χ0) is 18.7. The third-order valence-electron chi connectivity index (χ3n) is 5.13. The Morgan fingerprint density at radius 1 is 0.815 bits per heavy atom. The number of hydrogen-bond donors (Lipinski definition) is 1. The number of nitrogens with one attached hydrogen (secondary N) is 1. The molecule has 4 nitrogen and oxygen atoms in total. The van der Waals surface area contributed by atoms with Crippen LogP contribution >= 0.6 is 11.3 Å². The van der Waals surface area contributed by atoms with Crippen LogP contribution in [0.5, 0.6) is 0 Å². The van der Waals surface area contributed by atoms with Crippen molar-refractivity contribution < 1.29 is 13.3 Å². The number of rotatable bonds is 5. The Balaban J connectivity index is 1.56. The molecule has 27 heavy (non-hydrogen) atoms. The van der Waals surface area contributed by atoms with E-state index in [4.69, 9.17) is 0 Å². The molecule has 0 amide bonds. The summed E-state index contributed by atoms with van der Waals surface area (Å²) in [6.45, 7) is 2.68. The molecule has 0 bridgehead atoms. The van der Waals surface area contributed by atoms with Gasteiger partial charge in [0.15, 0.2) is 0 Å². The van der Waals surface area contributed by atoms with Crippen LogP contribution in [0.1, 0.15) is 17.2 Å². The van der Waals surface area contributed by atoms with Crippen molar-refractivity contribution in [1.82, 2.24) is 4.31 Å². The molecule has 1 saturated heterocycles. The van der Waals surface area contributed by atoms with Crippen LogP contribution in [0.15, 0.2) is 82.4 Å². The molecule has 0 saturated carbocycles. The molecule has 6 heteroatoms. The number of thiophene rings is 1. The lowest BCUT2D eigenvalue weighted by atomic mass is 9.96. The third kappa shape index (κ3) is 3.84. The van der Waals surface area contributed by atoms with Gasteiger partial charge in [-0.2, -0.15) is 4.31 Å². The SMILES string of the molecule is O=S(=O)(c1cccs1)N1CC[NH+](C(c2ccccc2)c2ccccc2)CC1. The average Bonchev–Trinajstić information content (AvgIpc) is 3.26. The van der Waals surface area contributed by atoms with E-state index in [0.29, 0.717) is 17.3 Å². The highest BCUT2D eigenvalue weighted by Crippen LogP contribution is 2.22. The molecule has 2 aromatic carbocycles. The van der Waals surface area contributed by atoms with Gasteiger partial charge in [-0.05, 0) is 11.4 Å². The van der Waals surface area contributed by atoms with Crippen LogP contribution in [0.25, 0.3) is 0 Å². The average molecular weight is 400 g/mol. The van der Waals surface area contributed by atoms with Crippen molar-refractivity contribution >= 4 is 21.4 Å². The van der Waals surface area contributed by atoms with Gasteiger partial charge in [0, 0.05) is 11.1 Å². The Morgan fingerprint density at radius 3 is 1.85 bits per heavy atom. The van der Waals surface area contributed by atoms with Gasteiger partial charge in [-0.3, -0.25) is 0 Å². The number of hydrogen-bond acceptors (Lipinski definition) is 3. The molecule has 0 radical (unpaired) electrons. The number of piperazine rings is 1. The van der Waals surface area contributed by atoms with E-state index in [1.54, 1.807) is 16.4 Å². The van der Waals surface area contributed by atoms with E-state index >= 15 is 0 Å². The van der Waals surface area contributed by atoms with E-state index in [2.05, 4.69) is 48.5 Å². The molecule has 0 atom stereocenters. The van der Waals surface area contributed by atoms with Crippen LogP contribution in [0.2, 0.25) is 0 Å². The van der Waals surface area contributed by atoms with Gasteiger partial charge in [-0.15, -0.1) is 11.3 Å². The molecular weight excluding hydrogens is 376 g/mol. The van der Waals surface area contributed by atoms with Crippen molar-refractivity contribution in [1.29, 1.82) is 0 Å². The molecule has 2 heterocycles.